The molecule has 14 heteroatoms. The highest BCUT2D eigenvalue weighted by atomic mass is 31.1. The van der Waals surface area contributed by atoms with Gasteiger partial charge in [-0.15, -0.1) is 0 Å². The number of esters is 1. The van der Waals surface area contributed by atoms with E-state index in [-0.39, 0.29) is 12.8 Å². The Balaban J connectivity index is 1.56. The molecule has 2 heterocycles. The van der Waals surface area contributed by atoms with Gasteiger partial charge in [-0.3, -0.25) is 14.3 Å². The minimum absolute atomic E-state index is 0.0998. The number of hydrogen-bond acceptors (Lipinski definition) is 10. The molecular weight excluding hydrogens is 464 g/mol. The molecular formula is C19H21FN3O9P. The van der Waals surface area contributed by atoms with Crippen LogP contribution in [0.25, 0.3) is 0 Å². The van der Waals surface area contributed by atoms with Gasteiger partial charge in [0, 0.05) is 17.5 Å². The van der Waals surface area contributed by atoms with E-state index in [2.05, 4.69) is 14.2 Å². The molecule has 1 aromatic carbocycles. The molecule has 1 aliphatic rings. The molecule has 0 aliphatic carbocycles. The number of H-pyrrole nitrogens is 1. The molecule has 1 saturated heterocycles. The highest BCUT2D eigenvalue weighted by molar-refractivity contribution is 7.33. The lowest BCUT2D eigenvalue weighted by molar-refractivity contribution is -0.277. The summed E-state index contributed by atoms with van der Waals surface area (Å²) in [5, 5.41) is 10.1. The molecule has 5 unspecified atom stereocenters. The van der Waals surface area contributed by atoms with E-state index < -0.39 is 62.3 Å². The van der Waals surface area contributed by atoms with E-state index in [0.717, 1.165) is 10.1 Å². The van der Waals surface area contributed by atoms with Gasteiger partial charge in [0.15, 0.2) is 6.04 Å². The first-order valence-corrected chi connectivity index (χ1v) is 10.9. The summed E-state index contributed by atoms with van der Waals surface area (Å²) < 4.78 is 32.9. The van der Waals surface area contributed by atoms with Gasteiger partial charge in [-0.1, -0.05) is 35.1 Å². The number of benzene rings is 1. The van der Waals surface area contributed by atoms with Crippen LogP contribution >= 0.6 is 8.17 Å². The van der Waals surface area contributed by atoms with Crippen LogP contribution in [-0.2, 0) is 30.3 Å². The predicted molar refractivity (Wildman–Crippen MR) is 108 cm³/mol. The first kappa shape index (κ1) is 24.8. The Labute approximate surface area is 187 Å². The maximum absolute atomic E-state index is 13.5. The molecule has 2 aromatic rings. The number of carbonyl (C=O) groups excluding carboxylic acids is 1. The van der Waals surface area contributed by atoms with Crippen molar-refractivity contribution in [1.29, 1.82) is 0 Å². The average molecular weight is 485 g/mol. The Morgan fingerprint density at radius 2 is 2.15 bits per heavy atom. The van der Waals surface area contributed by atoms with Crippen LogP contribution in [-0.4, -0.2) is 52.6 Å². The van der Waals surface area contributed by atoms with Crippen LogP contribution in [0.3, 0.4) is 0 Å². The minimum Gasteiger partial charge on any atom is -0.581 e. The number of carbonyl (C=O) groups is 1. The fourth-order valence-electron chi connectivity index (χ4n) is 3.13. The van der Waals surface area contributed by atoms with E-state index in [1.54, 1.807) is 35.3 Å². The van der Waals surface area contributed by atoms with Gasteiger partial charge in [-0.2, -0.15) is 9.28 Å². The zero-order valence-corrected chi connectivity index (χ0v) is 18.2. The zero-order valence-electron chi connectivity index (χ0n) is 17.3. The quantitative estimate of drug-likeness (QED) is 0.214. The number of aromatic nitrogens is 2. The van der Waals surface area contributed by atoms with Crippen molar-refractivity contribution in [1.82, 2.24) is 9.55 Å². The van der Waals surface area contributed by atoms with Crippen LogP contribution in [0.1, 0.15) is 18.2 Å². The summed E-state index contributed by atoms with van der Waals surface area (Å²) in [4.78, 5) is 53.7. The van der Waals surface area contributed by atoms with Crippen molar-refractivity contribution in [2.75, 3.05) is 13.7 Å². The maximum atomic E-state index is 13.5. The summed E-state index contributed by atoms with van der Waals surface area (Å²) >= 11 is 0. The molecule has 3 rings (SSSR count). The molecule has 1 aromatic heterocycles. The Kier molecular flexibility index (Phi) is 8.55. The zero-order chi connectivity index (χ0) is 24.0. The van der Waals surface area contributed by atoms with Crippen LogP contribution in [0, 0.1) is 5.82 Å². The van der Waals surface area contributed by atoms with Crippen LogP contribution in [0.15, 0.2) is 50.9 Å². The molecule has 0 spiro atoms. The second-order valence-electron chi connectivity index (χ2n) is 7.02. The summed E-state index contributed by atoms with van der Waals surface area (Å²) in [6.45, 7) is -0.406. The van der Waals surface area contributed by atoms with Gasteiger partial charge in [-0.25, -0.2) is 9.59 Å². The van der Waals surface area contributed by atoms with E-state index >= 15 is 0 Å². The van der Waals surface area contributed by atoms with Gasteiger partial charge in [0.2, 0.25) is 5.82 Å². The van der Waals surface area contributed by atoms with Gasteiger partial charge in [0.05, 0.1) is 19.4 Å². The number of hydrogen-bond donors (Lipinski definition) is 2. The fraction of sp³-hybridized carbons (Fsp3) is 0.421. The third-order valence-corrected chi connectivity index (χ3v) is 5.47. The molecule has 0 bridgehead atoms. The molecule has 0 amide bonds. The normalized spacial score (nSPS) is 21.7. The molecule has 0 saturated carbocycles. The molecule has 1 fully saturated rings. The highest BCUT2D eigenvalue weighted by Gasteiger charge is 2.36. The predicted octanol–water partition coefficient (Wildman–Crippen LogP) is -0.0876. The Morgan fingerprint density at radius 1 is 1.42 bits per heavy atom. The van der Waals surface area contributed by atoms with Gasteiger partial charge < -0.3 is 19.5 Å². The fourth-order valence-corrected chi connectivity index (χ4v) is 3.72. The van der Waals surface area contributed by atoms with Crippen molar-refractivity contribution in [2.24, 2.45) is 4.74 Å². The van der Waals surface area contributed by atoms with Crippen LogP contribution < -0.4 is 16.1 Å². The second kappa shape index (κ2) is 11.4. The number of halogens is 1. The Morgan fingerprint density at radius 3 is 2.85 bits per heavy atom. The topological polar surface area (TPSA) is 164 Å². The summed E-state index contributed by atoms with van der Waals surface area (Å²) in [6, 6.07) is 7.80. The molecule has 1 aliphatic heterocycles. The number of aliphatic hydroxyl groups excluding tert-OH is 1. The Hall–Kier alpha value is -2.80. The van der Waals surface area contributed by atoms with Crippen molar-refractivity contribution < 1.29 is 38.2 Å². The molecule has 0 radical (unpaired) electrons. The number of aliphatic hydroxyl groups is 1. The average Bonchev–Trinajstić information content (AvgIpc) is 3.16. The molecule has 5 atom stereocenters. The summed E-state index contributed by atoms with van der Waals surface area (Å²) in [6.07, 6.45) is -2.50. The number of rotatable bonds is 9. The monoisotopic (exact) mass is 485 g/mol. The third-order valence-electron chi connectivity index (χ3n) is 4.77. The third kappa shape index (κ3) is 6.60. The van der Waals surface area contributed by atoms with Crippen molar-refractivity contribution in [2.45, 2.75) is 37.3 Å². The van der Waals surface area contributed by atoms with Crippen molar-refractivity contribution in [3.8, 4) is 0 Å². The van der Waals surface area contributed by atoms with E-state index in [1.165, 1.54) is 7.11 Å². The highest BCUT2D eigenvalue weighted by Crippen LogP contribution is 2.29. The second-order valence-corrected chi connectivity index (χ2v) is 7.87. The summed E-state index contributed by atoms with van der Waals surface area (Å²) in [7, 11) is -1.61. The van der Waals surface area contributed by atoms with Gasteiger partial charge in [0.25, 0.3) is 5.56 Å². The summed E-state index contributed by atoms with van der Waals surface area (Å²) in [5.41, 5.74) is -1.32. The summed E-state index contributed by atoms with van der Waals surface area (Å²) in [5.74, 6) is -1.90. The first-order valence-electron chi connectivity index (χ1n) is 9.72. The van der Waals surface area contributed by atoms with Gasteiger partial charge in [0.1, 0.15) is 18.9 Å². The van der Waals surface area contributed by atoms with Gasteiger partial charge >= 0.3 is 19.8 Å². The lowest BCUT2D eigenvalue weighted by Crippen LogP contribution is -2.34. The first-order chi connectivity index (χ1) is 15.8. The van der Waals surface area contributed by atoms with E-state index in [4.69, 9.17) is 9.62 Å². The number of nitrogens with one attached hydrogen (secondary N) is 1. The van der Waals surface area contributed by atoms with Crippen LogP contribution in [0.4, 0.5) is 4.39 Å². The SMILES string of the molecule is COC(=O)C(Cc1ccccc1)N=[P+]([O-])OOCC1OC(n2cc(F)c(=O)[nH]c2=O)CC1O. The van der Waals surface area contributed by atoms with Crippen molar-refractivity contribution in [3.05, 3.63) is 68.7 Å². The minimum atomic E-state index is -2.79. The number of ether oxygens (including phenoxy) is 2. The Bertz CT molecular complexity index is 1110. The van der Waals surface area contributed by atoms with Gasteiger partial charge in [-0.05, 0) is 5.56 Å². The van der Waals surface area contributed by atoms with Crippen LogP contribution in [0.5, 0.6) is 0 Å². The van der Waals surface area contributed by atoms with E-state index in [1.807, 2.05) is 0 Å². The maximum Gasteiger partial charge on any atom is 0.382 e. The molecule has 178 valence electrons. The number of aromatic amines is 1. The standard InChI is InChI=1S/C19H21FN3O9P/c1-29-18(26)13(7-11-5-3-2-4-6-11)22-33(28)32-30-10-15-14(24)8-16(31-15)23-9-12(20)17(25)21-19(23)27/h2-6,9,13-16,24H,7-8,10H2,1H3,(H,21,25,27). The van der Waals surface area contributed by atoms with Crippen LogP contribution in [0.2, 0.25) is 0 Å². The lowest BCUT2D eigenvalue weighted by Gasteiger charge is -2.14. The molecule has 2 N–H and O–H groups in total. The number of nitrogens with zero attached hydrogens (tertiary/aromatic N) is 2. The van der Waals surface area contributed by atoms with Crippen molar-refractivity contribution in [3.63, 3.8) is 0 Å². The molecule has 12 nitrogen and oxygen atoms in total. The van der Waals surface area contributed by atoms with E-state index in [0.29, 0.717) is 6.20 Å². The smallest absolute Gasteiger partial charge is 0.382 e. The largest absolute Gasteiger partial charge is 0.581 e. The molecule has 33 heavy (non-hydrogen) atoms. The van der Waals surface area contributed by atoms with E-state index in [9.17, 15) is 28.8 Å². The van der Waals surface area contributed by atoms with Crippen molar-refractivity contribution >= 4 is 14.1 Å². The lowest BCUT2D eigenvalue weighted by atomic mass is 10.1. The number of methoxy groups -OCH3 is 1.